The van der Waals surface area contributed by atoms with Crippen LogP contribution < -0.4 is 5.32 Å². The standard InChI is InChI=1S/C20H15NO5/c22-18(13-26-20(24)17-11-6-12-25-17)21-16-10-5-4-9-15(16)19(23)14-7-2-1-3-8-14/h1-12H,13H2,(H,21,22). The van der Waals surface area contributed by atoms with Gasteiger partial charge in [-0.1, -0.05) is 42.5 Å². The fourth-order valence-corrected chi connectivity index (χ4v) is 2.32. The molecule has 0 aliphatic carbocycles. The van der Waals surface area contributed by atoms with Gasteiger partial charge in [0.15, 0.2) is 12.4 Å². The number of nitrogens with one attached hydrogen (secondary N) is 1. The summed E-state index contributed by atoms with van der Waals surface area (Å²) in [4.78, 5) is 36.4. The second-order valence-electron chi connectivity index (χ2n) is 5.34. The molecule has 0 spiro atoms. The average molecular weight is 349 g/mol. The number of ether oxygens (including phenoxy) is 1. The molecule has 1 N–H and O–H groups in total. The average Bonchev–Trinajstić information content (AvgIpc) is 3.21. The molecule has 1 amide bonds. The maximum Gasteiger partial charge on any atom is 0.374 e. The van der Waals surface area contributed by atoms with E-state index in [0.29, 0.717) is 16.8 Å². The molecule has 6 heteroatoms. The van der Waals surface area contributed by atoms with Crippen LogP contribution in [0.25, 0.3) is 0 Å². The van der Waals surface area contributed by atoms with Crippen LogP contribution in [0.15, 0.2) is 77.4 Å². The van der Waals surface area contributed by atoms with Crippen LogP contribution in [0, 0.1) is 0 Å². The van der Waals surface area contributed by atoms with Crippen molar-refractivity contribution in [3.8, 4) is 0 Å². The highest BCUT2D eigenvalue weighted by atomic mass is 16.5. The SMILES string of the molecule is O=C(COC(=O)c1ccco1)Nc1ccccc1C(=O)c1ccccc1. The molecule has 0 fully saturated rings. The van der Waals surface area contributed by atoms with Gasteiger partial charge in [-0.15, -0.1) is 0 Å². The van der Waals surface area contributed by atoms with Gasteiger partial charge in [-0.25, -0.2) is 4.79 Å². The van der Waals surface area contributed by atoms with E-state index in [0.717, 1.165) is 0 Å². The van der Waals surface area contributed by atoms with Crippen molar-refractivity contribution in [1.82, 2.24) is 0 Å². The Morgan fingerprint density at radius 2 is 1.62 bits per heavy atom. The summed E-state index contributed by atoms with van der Waals surface area (Å²) in [6.45, 7) is -0.493. The first-order valence-corrected chi connectivity index (χ1v) is 7.84. The molecule has 0 bridgehead atoms. The van der Waals surface area contributed by atoms with Crippen LogP contribution in [-0.4, -0.2) is 24.3 Å². The molecule has 0 aliphatic heterocycles. The van der Waals surface area contributed by atoms with E-state index in [-0.39, 0.29) is 11.5 Å². The zero-order valence-corrected chi connectivity index (χ0v) is 13.7. The van der Waals surface area contributed by atoms with E-state index in [4.69, 9.17) is 9.15 Å². The smallest absolute Gasteiger partial charge is 0.374 e. The molecule has 0 saturated carbocycles. The van der Waals surface area contributed by atoms with Crippen molar-refractivity contribution in [3.05, 3.63) is 89.9 Å². The van der Waals surface area contributed by atoms with Gasteiger partial charge in [0.1, 0.15) is 0 Å². The highest BCUT2D eigenvalue weighted by molar-refractivity contribution is 6.13. The lowest BCUT2D eigenvalue weighted by Crippen LogP contribution is -2.22. The normalized spacial score (nSPS) is 10.2. The van der Waals surface area contributed by atoms with Crippen molar-refractivity contribution in [3.63, 3.8) is 0 Å². The Labute approximate surface area is 149 Å². The highest BCUT2D eigenvalue weighted by Crippen LogP contribution is 2.19. The summed E-state index contributed by atoms with van der Waals surface area (Å²) in [5.41, 5.74) is 1.21. The lowest BCUT2D eigenvalue weighted by Gasteiger charge is -2.10. The third-order valence-corrected chi connectivity index (χ3v) is 3.54. The molecule has 0 atom stereocenters. The Balaban J connectivity index is 1.67. The van der Waals surface area contributed by atoms with Crippen LogP contribution >= 0.6 is 0 Å². The van der Waals surface area contributed by atoms with Gasteiger partial charge >= 0.3 is 5.97 Å². The zero-order valence-electron chi connectivity index (χ0n) is 13.7. The van der Waals surface area contributed by atoms with Gasteiger partial charge in [-0.2, -0.15) is 0 Å². The molecule has 130 valence electrons. The maximum absolute atomic E-state index is 12.6. The Kier molecular flexibility index (Phi) is 5.24. The molecular formula is C20H15NO5. The third-order valence-electron chi connectivity index (χ3n) is 3.54. The molecule has 0 saturated heterocycles. The first kappa shape index (κ1) is 17.2. The molecule has 0 aliphatic rings. The second-order valence-corrected chi connectivity index (χ2v) is 5.34. The number of furan rings is 1. The number of benzene rings is 2. The molecule has 2 aromatic carbocycles. The summed E-state index contributed by atoms with van der Waals surface area (Å²) in [7, 11) is 0. The minimum atomic E-state index is -0.737. The van der Waals surface area contributed by atoms with Crippen LogP contribution in [0.2, 0.25) is 0 Å². The fraction of sp³-hybridized carbons (Fsp3) is 0.0500. The first-order chi connectivity index (χ1) is 12.6. The Bertz CT molecular complexity index is 916. The molecule has 0 radical (unpaired) electrons. The van der Waals surface area contributed by atoms with E-state index < -0.39 is 18.5 Å². The van der Waals surface area contributed by atoms with Crippen LogP contribution in [-0.2, 0) is 9.53 Å². The Morgan fingerprint density at radius 1 is 0.885 bits per heavy atom. The van der Waals surface area contributed by atoms with Gasteiger partial charge < -0.3 is 14.5 Å². The van der Waals surface area contributed by atoms with Crippen LogP contribution in [0.4, 0.5) is 5.69 Å². The molecule has 1 aromatic heterocycles. The zero-order chi connectivity index (χ0) is 18.4. The van der Waals surface area contributed by atoms with E-state index in [2.05, 4.69) is 5.32 Å². The summed E-state index contributed by atoms with van der Waals surface area (Å²) in [5.74, 6) is -1.50. The number of hydrogen-bond acceptors (Lipinski definition) is 5. The van der Waals surface area contributed by atoms with Crippen molar-refractivity contribution in [2.75, 3.05) is 11.9 Å². The van der Waals surface area contributed by atoms with Crippen LogP contribution in [0.5, 0.6) is 0 Å². The molecule has 6 nitrogen and oxygen atoms in total. The minimum absolute atomic E-state index is 0.0115. The number of anilines is 1. The third kappa shape index (κ3) is 4.05. The summed E-state index contributed by atoms with van der Waals surface area (Å²) >= 11 is 0. The molecule has 3 rings (SSSR count). The largest absolute Gasteiger partial charge is 0.457 e. The van der Waals surface area contributed by atoms with E-state index in [1.165, 1.54) is 12.3 Å². The lowest BCUT2D eigenvalue weighted by atomic mass is 10.0. The van der Waals surface area contributed by atoms with E-state index in [9.17, 15) is 14.4 Å². The topological polar surface area (TPSA) is 85.6 Å². The maximum atomic E-state index is 12.6. The molecular weight excluding hydrogens is 334 g/mol. The Morgan fingerprint density at radius 3 is 2.35 bits per heavy atom. The molecule has 3 aromatic rings. The number of rotatable bonds is 6. The van der Waals surface area contributed by atoms with Crippen LogP contribution in [0.1, 0.15) is 26.5 Å². The van der Waals surface area contributed by atoms with Gasteiger partial charge in [0, 0.05) is 11.1 Å². The number of para-hydroxylation sites is 1. The number of amides is 1. The van der Waals surface area contributed by atoms with Crippen molar-refractivity contribution in [2.45, 2.75) is 0 Å². The number of esters is 1. The second kappa shape index (κ2) is 7.94. The quantitative estimate of drug-likeness (QED) is 0.545. The van der Waals surface area contributed by atoms with Gasteiger partial charge in [0.25, 0.3) is 5.91 Å². The van der Waals surface area contributed by atoms with Crippen molar-refractivity contribution >= 4 is 23.3 Å². The van der Waals surface area contributed by atoms with Crippen molar-refractivity contribution in [2.24, 2.45) is 0 Å². The predicted octanol–water partition coefficient (Wildman–Crippen LogP) is 3.31. The van der Waals surface area contributed by atoms with Crippen molar-refractivity contribution in [1.29, 1.82) is 0 Å². The summed E-state index contributed by atoms with van der Waals surface area (Å²) in [6.07, 6.45) is 1.34. The van der Waals surface area contributed by atoms with Crippen LogP contribution in [0.3, 0.4) is 0 Å². The first-order valence-electron chi connectivity index (χ1n) is 7.84. The molecule has 1 heterocycles. The van der Waals surface area contributed by atoms with Crippen molar-refractivity contribution < 1.29 is 23.5 Å². The van der Waals surface area contributed by atoms with Gasteiger partial charge in [0.2, 0.25) is 5.76 Å². The number of carbonyl (C=O) groups excluding carboxylic acids is 3. The molecule has 26 heavy (non-hydrogen) atoms. The lowest BCUT2D eigenvalue weighted by molar-refractivity contribution is -0.119. The number of hydrogen-bond donors (Lipinski definition) is 1. The van der Waals surface area contributed by atoms with Gasteiger partial charge in [-0.05, 0) is 24.3 Å². The van der Waals surface area contributed by atoms with Gasteiger partial charge in [0.05, 0.1) is 12.0 Å². The number of carbonyl (C=O) groups is 3. The summed E-state index contributed by atoms with van der Waals surface area (Å²) < 4.78 is 9.77. The predicted molar refractivity (Wildman–Crippen MR) is 93.9 cm³/mol. The van der Waals surface area contributed by atoms with E-state index in [1.807, 2.05) is 6.07 Å². The fourth-order valence-electron chi connectivity index (χ4n) is 2.32. The minimum Gasteiger partial charge on any atom is -0.457 e. The Hall–Kier alpha value is -3.67. The van der Waals surface area contributed by atoms with E-state index in [1.54, 1.807) is 54.6 Å². The number of ketones is 1. The highest BCUT2D eigenvalue weighted by Gasteiger charge is 2.16. The summed E-state index contributed by atoms with van der Waals surface area (Å²) in [5, 5.41) is 2.59. The van der Waals surface area contributed by atoms with E-state index >= 15 is 0 Å². The van der Waals surface area contributed by atoms with Gasteiger partial charge in [-0.3, -0.25) is 9.59 Å². The monoisotopic (exact) mass is 349 g/mol. The summed E-state index contributed by atoms with van der Waals surface area (Å²) in [6, 6.07) is 18.4. The molecule has 0 unspecified atom stereocenters.